The van der Waals surface area contributed by atoms with Crippen molar-refractivity contribution < 1.29 is 38.1 Å². The van der Waals surface area contributed by atoms with Crippen molar-refractivity contribution in [3.8, 4) is 0 Å². The lowest BCUT2D eigenvalue weighted by Crippen LogP contribution is -2.22. The number of carbonyl (C=O) groups excluding carboxylic acids is 4. The van der Waals surface area contributed by atoms with Gasteiger partial charge in [-0.2, -0.15) is 0 Å². The van der Waals surface area contributed by atoms with E-state index in [1.54, 1.807) is 40.2 Å². The van der Waals surface area contributed by atoms with E-state index in [0.29, 0.717) is 0 Å². The number of hydrogen-bond acceptors (Lipinski definition) is 10. The summed E-state index contributed by atoms with van der Waals surface area (Å²) < 4.78 is 19.0. The molecule has 10 heteroatoms. The molecule has 2 atom stereocenters. The van der Waals surface area contributed by atoms with E-state index >= 15 is 0 Å². The summed E-state index contributed by atoms with van der Waals surface area (Å²) in [6, 6.07) is 0. The molecule has 0 saturated heterocycles. The Kier molecular flexibility index (Phi) is 15.2. The zero-order valence-electron chi connectivity index (χ0n) is 16.4. The summed E-state index contributed by atoms with van der Waals surface area (Å²) >= 11 is 1.87. The van der Waals surface area contributed by atoms with Crippen LogP contribution in [0.3, 0.4) is 0 Å². The number of ether oxygens (including phenoxy) is 4. The number of carbonyl (C=O) groups is 4. The average Bonchev–Trinajstić information content (AvgIpc) is 2.54. The standard InChI is InChI=1S/2C8H14O4S/c2*1-5(2)7(9)11-6(3)12-8(10)13-4/h2*5-6H,1-4H3/t6-;/m1./s1. The minimum absolute atomic E-state index is 0.213. The van der Waals surface area contributed by atoms with Crippen molar-refractivity contribution in [2.45, 2.75) is 54.1 Å². The van der Waals surface area contributed by atoms with Crippen LogP contribution in [0.2, 0.25) is 0 Å². The molecular formula is C16H28O8S2. The van der Waals surface area contributed by atoms with Crippen LogP contribution in [-0.4, -0.2) is 47.6 Å². The molecular weight excluding hydrogens is 384 g/mol. The lowest BCUT2D eigenvalue weighted by molar-refractivity contribution is -0.168. The second-order valence-electron chi connectivity index (χ2n) is 5.46. The maximum absolute atomic E-state index is 11.0. The summed E-state index contributed by atoms with van der Waals surface area (Å²) in [5.74, 6) is -1.17. The van der Waals surface area contributed by atoms with Gasteiger partial charge in [-0.3, -0.25) is 9.59 Å². The van der Waals surface area contributed by atoms with Crippen LogP contribution in [0, 0.1) is 11.8 Å². The molecule has 0 amide bonds. The molecule has 0 aliphatic carbocycles. The van der Waals surface area contributed by atoms with Crippen LogP contribution in [-0.2, 0) is 28.5 Å². The van der Waals surface area contributed by atoms with Crippen molar-refractivity contribution in [2.75, 3.05) is 12.5 Å². The summed E-state index contributed by atoms with van der Waals surface area (Å²) in [4.78, 5) is 43.5. The lowest BCUT2D eigenvalue weighted by Gasteiger charge is -2.14. The first kappa shape index (κ1) is 26.8. The van der Waals surface area contributed by atoms with Crippen LogP contribution in [0.5, 0.6) is 0 Å². The highest BCUT2D eigenvalue weighted by Gasteiger charge is 2.16. The summed E-state index contributed by atoms with van der Waals surface area (Å²) in [7, 11) is 0. The van der Waals surface area contributed by atoms with E-state index in [2.05, 4.69) is 0 Å². The molecule has 0 fully saturated rings. The summed E-state index contributed by atoms with van der Waals surface area (Å²) in [5.41, 5.74) is 0. The highest BCUT2D eigenvalue weighted by Crippen LogP contribution is 2.07. The molecule has 8 nitrogen and oxygen atoms in total. The van der Waals surface area contributed by atoms with Crippen LogP contribution >= 0.6 is 23.5 Å². The molecule has 0 aromatic rings. The Morgan fingerprint density at radius 1 is 0.577 bits per heavy atom. The van der Waals surface area contributed by atoms with Crippen molar-refractivity contribution >= 4 is 46.1 Å². The second-order valence-corrected chi connectivity index (χ2v) is 6.95. The van der Waals surface area contributed by atoms with Gasteiger partial charge in [0, 0.05) is 13.8 Å². The largest absolute Gasteiger partial charge is 0.425 e. The predicted octanol–water partition coefficient (Wildman–Crippen LogP) is 4.06. The highest BCUT2D eigenvalue weighted by atomic mass is 32.2. The number of rotatable bonds is 6. The maximum atomic E-state index is 11.0. The van der Waals surface area contributed by atoms with Crippen molar-refractivity contribution in [1.82, 2.24) is 0 Å². The van der Waals surface area contributed by atoms with E-state index < -0.39 is 23.2 Å². The topological polar surface area (TPSA) is 105 Å². The quantitative estimate of drug-likeness (QED) is 0.468. The molecule has 0 spiro atoms. The fraction of sp³-hybridized carbons (Fsp3) is 0.750. The van der Waals surface area contributed by atoms with E-state index in [0.717, 1.165) is 23.5 Å². The molecule has 0 aromatic heterocycles. The number of hydrogen-bond donors (Lipinski definition) is 0. The van der Waals surface area contributed by atoms with Crippen molar-refractivity contribution in [3.63, 3.8) is 0 Å². The van der Waals surface area contributed by atoms with Crippen molar-refractivity contribution in [3.05, 3.63) is 0 Å². The maximum Gasteiger partial charge on any atom is 0.370 e. The third kappa shape index (κ3) is 14.9. The molecule has 0 aliphatic rings. The molecule has 0 saturated carbocycles. The summed E-state index contributed by atoms with van der Waals surface area (Å²) in [6.45, 7) is 9.87. The molecule has 26 heavy (non-hydrogen) atoms. The van der Waals surface area contributed by atoms with E-state index in [9.17, 15) is 19.2 Å². The van der Waals surface area contributed by atoms with Crippen LogP contribution in [0.4, 0.5) is 9.59 Å². The molecule has 0 N–H and O–H groups in total. The molecule has 0 bridgehead atoms. The first-order chi connectivity index (χ1) is 11.9. The minimum atomic E-state index is -0.810. The Bertz CT molecular complexity index is 423. The first-order valence-electron chi connectivity index (χ1n) is 7.84. The van der Waals surface area contributed by atoms with Gasteiger partial charge in [-0.15, -0.1) is 0 Å². The average molecular weight is 413 g/mol. The first-order valence-corrected chi connectivity index (χ1v) is 10.3. The van der Waals surface area contributed by atoms with Gasteiger partial charge < -0.3 is 18.9 Å². The zero-order valence-corrected chi connectivity index (χ0v) is 18.0. The molecule has 0 heterocycles. The van der Waals surface area contributed by atoms with Crippen molar-refractivity contribution in [1.29, 1.82) is 0 Å². The smallest absolute Gasteiger partial charge is 0.370 e. The summed E-state index contributed by atoms with van der Waals surface area (Å²) in [6.07, 6.45) is 1.57. The Morgan fingerprint density at radius 2 is 0.846 bits per heavy atom. The third-order valence-electron chi connectivity index (χ3n) is 2.36. The van der Waals surface area contributed by atoms with Gasteiger partial charge in [-0.25, -0.2) is 9.59 Å². The third-order valence-corrected chi connectivity index (χ3v) is 3.22. The second kappa shape index (κ2) is 14.7. The molecule has 152 valence electrons. The fourth-order valence-corrected chi connectivity index (χ4v) is 1.48. The fourth-order valence-electron chi connectivity index (χ4n) is 1.01. The van der Waals surface area contributed by atoms with Gasteiger partial charge in [0.2, 0.25) is 12.6 Å². The van der Waals surface area contributed by atoms with Gasteiger partial charge in [-0.05, 0) is 36.0 Å². The van der Waals surface area contributed by atoms with E-state index in [4.69, 9.17) is 18.9 Å². The van der Waals surface area contributed by atoms with Gasteiger partial charge >= 0.3 is 22.5 Å². The highest BCUT2D eigenvalue weighted by molar-refractivity contribution is 8.12. The van der Waals surface area contributed by atoms with Crippen LogP contribution in [0.1, 0.15) is 41.5 Å². The molecule has 0 aromatic carbocycles. The Labute approximate surface area is 163 Å². The molecule has 0 aliphatic heterocycles. The normalized spacial score (nSPS) is 12.4. The Morgan fingerprint density at radius 3 is 1.04 bits per heavy atom. The molecule has 1 unspecified atom stereocenters. The van der Waals surface area contributed by atoms with Gasteiger partial charge in [0.25, 0.3) is 0 Å². The Hall–Kier alpha value is -1.42. The van der Waals surface area contributed by atoms with Crippen molar-refractivity contribution in [2.24, 2.45) is 11.8 Å². The Balaban J connectivity index is 0. The summed E-state index contributed by atoms with van der Waals surface area (Å²) in [5, 5.41) is -0.909. The number of esters is 2. The van der Waals surface area contributed by atoms with Gasteiger partial charge in [-0.1, -0.05) is 27.7 Å². The van der Waals surface area contributed by atoms with E-state index in [1.807, 2.05) is 0 Å². The van der Waals surface area contributed by atoms with E-state index in [-0.39, 0.29) is 23.8 Å². The number of thioether (sulfide) groups is 2. The van der Waals surface area contributed by atoms with Crippen LogP contribution in [0.25, 0.3) is 0 Å². The van der Waals surface area contributed by atoms with Gasteiger partial charge in [0.1, 0.15) is 0 Å². The predicted molar refractivity (Wildman–Crippen MR) is 101 cm³/mol. The van der Waals surface area contributed by atoms with Crippen LogP contribution < -0.4 is 0 Å². The van der Waals surface area contributed by atoms with E-state index in [1.165, 1.54) is 13.8 Å². The monoisotopic (exact) mass is 412 g/mol. The van der Waals surface area contributed by atoms with Crippen LogP contribution in [0.15, 0.2) is 0 Å². The SMILES string of the molecule is CSC(=O)OC(C)OC(=O)C(C)C.CSC(=O)O[C@H](C)OC(=O)C(C)C. The zero-order chi connectivity index (χ0) is 20.9. The minimum Gasteiger partial charge on any atom is -0.425 e. The lowest BCUT2D eigenvalue weighted by atomic mass is 10.2. The van der Waals surface area contributed by atoms with Gasteiger partial charge in [0.05, 0.1) is 11.8 Å². The van der Waals surface area contributed by atoms with Gasteiger partial charge in [0.15, 0.2) is 0 Å². The molecule has 0 rings (SSSR count). The molecule has 0 radical (unpaired) electrons.